The minimum atomic E-state index is -1.84. The Balaban J connectivity index is 2.22. The molecule has 0 bridgehead atoms. The zero-order chi connectivity index (χ0) is 25.5. The van der Waals surface area contributed by atoms with E-state index in [1.165, 1.54) is 31.2 Å². The number of ether oxygens (including phenoxy) is 1. The summed E-state index contributed by atoms with van der Waals surface area (Å²) < 4.78 is 5.60. The monoisotopic (exact) mass is 473 g/mol. The maximum Gasteiger partial charge on any atom is 0.405 e. The van der Waals surface area contributed by atoms with Crippen LogP contribution < -0.4 is 5.73 Å². The standard InChI is InChI=1S/C26H19NO8/c1-26(35-25(27)34,20-11-10-17(22(28)29)13-6-2-4-8-15(13)20)21-16-9-5-3-7-14(16)18(23(30)31)12-19(21)24(32)33/h2-12H,1H3,(H2,27,34)(H,28,29)(H,30,31)(H,32,33). The van der Waals surface area contributed by atoms with Gasteiger partial charge in [-0.1, -0.05) is 54.6 Å². The Kier molecular flexibility index (Phi) is 5.61. The number of rotatable bonds is 6. The molecule has 35 heavy (non-hydrogen) atoms. The summed E-state index contributed by atoms with van der Waals surface area (Å²) in [5, 5.41) is 30.6. The van der Waals surface area contributed by atoms with Crippen molar-refractivity contribution in [3.8, 4) is 0 Å². The number of primary amides is 1. The van der Waals surface area contributed by atoms with E-state index in [9.17, 15) is 34.5 Å². The molecule has 4 aromatic carbocycles. The van der Waals surface area contributed by atoms with Crippen LogP contribution in [0.15, 0.2) is 66.7 Å². The molecule has 0 heterocycles. The summed E-state index contributed by atoms with van der Waals surface area (Å²) >= 11 is 0. The maximum absolute atomic E-state index is 12.4. The Morgan fingerprint density at radius 1 is 0.686 bits per heavy atom. The van der Waals surface area contributed by atoms with E-state index in [4.69, 9.17) is 10.5 Å². The van der Waals surface area contributed by atoms with E-state index in [1.54, 1.807) is 36.4 Å². The quantitative estimate of drug-likeness (QED) is 0.319. The predicted molar refractivity (Wildman–Crippen MR) is 126 cm³/mol. The van der Waals surface area contributed by atoms with Gasteiger partial charge in [-0.25, -0.2) is 19.2 Å². The number of carboxylic acids is 3. The highest BCUT2D eigenvalue weighted by Gasteiger charge is 2.40. The Labute approximate surface area is 198 Å². The molecule has 1 unspecified atom stereocenters. The van der Waals surface area contributed by atoms with E-state index in [1.807, 2.05) is 0 Å². The molecule has 1 atom stereocenters. The maximum atomic E-state index is 12.4. The van der Waals surface area contributed by atoms with Crippen molar-refractivity contribution in [1.82, 2.24) is 0 Å². The first kappa shape index (κ1) is 23.2. The number of hydrogen-bond donors (Lipinski definition) is 4. The van der Waals surface area contributed by atoms with E-state index in [0.717, 1.165) is 6.07 Å². The van der Waals surface area contributed by atoms with Crippen LogP contribution in [0, 0.1) is 0 Å². The van der Waals surface area contributed by atoms with Gasteiger partial charge in [0, 0.05) is 11.1 Å². The van der Waals surface area contributed by atoms with Gasteiger partial charge >= 0.3 is 24.0 Å². The first-order valence-electron chi connectivity index (χ1n) is 10.3. The number of carbonyl (C=O) groups excluding carboxylic acids is 1. The average molecular weight is 473 g/mol. The van der Waals surface area contributed by atoms with E-state index < -0.39 is 35.2 Å². The number of aromatic carboxylic acids is 3. The van der Waals surface area contributed by atoms with Crippen LogP contribution in [-0.2, 0) is 10.3 Å². The van der Waals surface area contributed by atoms with Gasteiger partial charge in [-0.3, -0.25) is 0 Å². The number of benzene rings is 4. The van der Waals surface area contributed by atoms with Crippen molar-refractivity contribution in [2.24, 2.45) is 5.73 Å². The van der Waals surface area contributed by atoms with Gasteiger partial charge in [-0.05, 0) is 40.6 Å². The van der Waals surface area contributed by atoms with Crippen LogP contribution in [0.1, 0.15) is 49.1 Å². The van der Waals surface area contributed by atoms with Crippen molar-refractivity contribution < 1.29 is 39.2 Å². The molecular formula is C26H19NO8. The van der Waals surface area contributed by atoms with Crippen LogP contribution in [-0.4, -0.2) is 39.3 Å². The van der Waals surface area contributed by atoms with Crippen molar-refractivity contribution in [3.05, 3.63) is 94.5 Å². The van der Waals surface area contributed by atoms with E-state index in [2.05, 4.69) is 0 Å². The van der Waals surface area contributed by atoms with Gasteiger partial charge in [0.25, 0.3) is 0 Å². The Morgan fingerprint density at radius 3 is 1.69 bits per heavy atom. The zero-order valence-electron chi connectivity index (χ0n) is 18.3. The van der Waals surface area contributed by atoms with Crippen LogP contribution >= 0.6 is 0 Å². The first-order valence-corrected chi connectivity index (χ1v) is 10.3. The Bertz CT molecular complexity index is 1560. The molecule has 5 N–H and O–H groups in total. The number of amides is 1. The van der Waals surface area contributed by atoms with Gasteiger partial charge in [-0.15, -0.1) is 0 Å². The largest absolute Gasteiger partial charge is 0.478 e. The third-order valence-electron chi connectivity index (χ3n) is 5.96. The molecule has 0 aliphatic carbocycles. The molecule has 0 saturated heterocycles. The summed E-state index contributed by atoms with van der Waals surface area (Å²) in [4.78, 5) is 48.2. The van der Waals surface area contributed by atoms with Crippen molar-refractivity contribution in [3.63, 3.8) is 0 Å². The van der Waals surface area contributed by atoms with Crippen LogP contribution in [0.5, 0.6) is 0 Å². The molecule has 0 fully saturated rings. The van der Waals surface area contributed by atoms with E-state index in [0.29, 0.717) is 10.8 Å². The molecule has 0 spiro atoms. The molecule has 4 rings (SSSR count). The normalized spacial score (nSPS) is 12.7. The first-order chi connectivity index (χ1) is 16.6. The second kappa shape index (κ2) is 8.45. The smallest absolute Gasteiger partial charge is 0.405 e. The van der Waals surface area contributed by atoms with Gasteiger partial charge < -0.3 is 25.8 Å². The highest BCUT2D eigenvalue weighted by molar-refractivity contribution is 6.10. The SMILES string of the molecule is CC(OC(N)=O)(c1ccc(C(=O)O)c2ccccc12)c1c(C(=O)O)cc(C(=O)O)c2ccccc12. The van der Waals surface area contributed by atoms with Gasteiger partial charge in [0.15, 0.2) is 5.60 Å². The fourth-order valence-electron chi connectivity index (χ4n) is 4.58. The Morgan fingerprint density at radius 2 is 1.17 bits per heavy atom. The average Bonchev–Trinajstić information content (AvgIpc) is 2.81. The van der Waals surface area contributed by atoms with Crippen LogP contribution in [0.2, 0.25) is 0 Å². The molecule has 176 valence electrons. The number of carboxylic acid groups (broad SMARTS) is 3. The molecule has 9 heteroatoms. The van der Waals surface area contributed by atoms with Crippen molar-refractivity contribution in [2.75, 3.05) is 0 Å². The summed E-state index contributed by atoms with van der Waals surface area (Å²) in [6.07, 6.45) is -1.21. The molecule has 0 radical (unpaired) electrons. The lowest BCUT2D eigenvalue weighted by Gasteiger charge is -2.33. The fraction of sp³-hybridized carbons (Fsp3) is 0.0769. The number of fused-ring (bicyclic) bond motifs is 2. The fourth-order valence-corrected chi connectivity index (χ4v) is 4.58. The predicted octanol–water partition coefficient (Wildman–Crippen LogP) is 4.45. The minimum Gasteiger partial charge on any atom is -0.478 e. The van der Waals surface area contributed by atoms with Gasteiger partial charge in [0.05, 0.1) is 16.7 Å². The van der Waals surface area contributed by atoms with Crippen molar-refractivity contribution in [2.45, 2.75) is 12.5 Å². The number of carbonyl (C=O) groups is 4. The lowest BCUT2D eigenvalue weighted by Crippen LogP contribution is -2.35. The third-order valence-corrected chi connectivity index (χ3v) is 5.96. The van der Waals surface area contributed by atoms with Crippen LogP contribution in [0.4, 0.5) is 4.79 Å². The summed E-state index contributed by atoms with van der Waals surface area (Å²) in [7, 11) is 0. The molecule has 0 saturated carbocycles. The van der Waals surface area contributed by atoms with Gasteiger partial charge in [0.1, 0.15) is 0 Å². The number of hydrogen-bond acceptors (Lipinski definition) is 5. The van der Waals surface area contributed by atoms with Crippen LogP contribution in [0.25, 0.3) is 21.5 Å². The topological polar surface area (TPSA) is 164 Å². The lowest BCUT2D eigenvalue weighted by atomic mass is 9.78. The second-order valence-corrected chi connectivity index (χ2v) is 7.97. The summed E-state index contributed by atoms with van der Waals surface area (Å²) in [6, 6.07) is 16.5. The summed E-state index contributed by atoms with van der Waals surface area (Å²) in [5.74, 6) is -3.95. The molecule has 4 aromatic rings. The molecular weight excluding hydrogens is 454 g/mol. The minimum absolute atomic E-state index is 0.00220. The van der Waals surface area contributed by atoms with E-state index in [-0.39, 0.29) is 33.0 Å². The summed E-state index contributed by atoms with van der Waals surface area (Å²) in [5.41, 5.74) is 3.20. The Hall–Kier alpha value is -4.92. The van der Waals surface area contributed by atoms with Crippen molar-refractivity contribution >= 4 is 45.5 Å². The molecule has 0 aliphatic heterocycles. The second-order valence-electron chi connectivity index (χ2n) is 7.97. The molecule has 1 amide bonds. The highest BCUT2D eigenvalue weighted by Crippen LogP contribution is 2.44. The van der Waals surface area contributed by atoms with Gasteiger partial charge in [-0.2, -0.15) is 0 Å². The molecule has 9 nitrogen and oxygen atoms in total. The zero-order valence-corrected chi connectivity index (χ0v) is 18.3. The lowest BCUT2D eigenvalue weighted by molar-refractivity contribution is 0.0560. The van der Waals surface area contributed by atoms with E-state index >= 15 is 0 Å². The third kappa shape index (κ3) is 3.78. The van der Waals surface area contributed by atoms with Crippen LogP contribution in [0.3, 0.4) is 0 Å². The van der Waals surface area contributed by atoms with Gasteiger partial charge in [0.2, 0.25) is 0 Å². The molecule has 0 aliphatic rings. The van der Waals surface area contributed by atoms with Crippen molar-refractivity contribution in [1.29, 1.82) is 0 Å². The summed E-state index contributed by atoms with van der Waals surface area (Å²) in [6.45, 7) is 1.44. The molecule has 0 aromatic heterocycles. The highest BCUT2D eigenvalue weighted by atomic mass is 16.6. The number of nitrogens with two attached hydrogens (primary N) is 1.